The first kappa shape index (κ1) is 8.14. The summed E-state index contributed by atoms with van der Waals surface area (Å²) in [5.41, 5.74) is -0.212. The topological polar surface area (TPSA) is 46.0 Å². The minimum absolute atomic E-state index is 0.627. The summed E-state index contributed by atoms with van der Waals surface area (Å²) >= 11 is 0. The van der Waals surface area contributed by atoms with Crippen LogP contribution in [0.2, 0.25) is 0 Å². The van der Waals surface area contributed by atoms with Crippen molar-refractivity contribution in [2.75, 3.05) is 0 Å². The van der Waals surface area contributed by atoms with E-state index in [9.17, 15) is 5.11 Å². The molecule has 1 heterocycles. The molecule has 60 valence electrons. The summed E-state index contributed by atoms with van der Waals surface area (Å²) in [6.07, 6.45) is 5.41. The molecule has 0 radical (unpaired) electrons. The summed E-state index contributed by atoms with van der Waals surface area (Å²) < 4.78 is 0. The first-order valence-electron chi connectivity index (χ1n) is 3.65. The van der Waals surface area contributed by atoms with E-state index in [1.54, 1.807) is 25.5 Å². The molecule has 3 nitrogen and oxygen atoms in total. The summed E-state index contributed by atoms with van der Waals surface area (Å²) in [5, 5.41) is 9.69. The zero-order valence-corrected chi connectivity index (χ0v) is 6.78. The normalized spacial score (nSPS) is 15.9. The van der Waals surface area contributed by atoms with Crippen molar-refractivity contribution >= 4 is 0 Å². The van der Waals surface area contributed by atoms with Crippen LogP contribution in [0.5, 0.6) is 0 Å². The van der Waals surface area contributed by atoms with Gasteiger partial charge >= 0.3 is 0 Å². The van der Waals surface area contributed by atoms with Gasteiger partial charge in [-0.05, 0) is 13.3 Å². The smallest absolute Gasteiger partial charge is 0.105 e. The first-order valence-corrected chi connectivity index (χ1v) is 3.65. The van der Waals surface area contributed by atoms with Crippen LogP contribution in [0.3, 0.4) is 0 Å². The Hall–Kier alpha value is -0.960. The van der Waals surface area contributed by atoms with Gasteiger partial charge in [0.25, 0.3) is 0 Å². The monoisotopic (exact) mass is 152 g/mol. The quantitative estimate of drug-likeness (QED) is 0.690. The highest BCUT2D eigenvalue weighted by Crippen LogP contribution is 2.20. The summed E-state index contributed by atoms with van der Waals surface area (Å²) in [4.78, 5) is 7.89. The maximum atomic E-state index is 9.69. The van der Waals surface area contributed by atoms with E-state index in [4.69, 9.17) is 0 Å². The third-order valence-corrected chi connectivity index (χ3v) is 1.80. The van der Waals surface area contributed by atoms with Crippen molar-refractivity contribution < 1.29 is 5.11 Å². The highest BCUT2D eigenvalue weighted by molar-refractivity contribution is 5.05. The van der Waals surface area contributed by atoms with Crippen LogP contribution >= 0.6 is 0 Å². The zero-order chi connectivity index (χ0) is 8.32. The molecule has 0 saturated heterocycles. The summed E-state index contributed by atoms with van der Waals surface area (Å²) in [5.74, 6) is 0. The Kier molecular flexibility index (Phi) is 2.19. The molecule has 1 aromatic heterocycles. The molecule has 1 unspecified atom stereocenters. The number of hydrogen-bond acceptors (Lipinski definition) is 3. The highest BCUT2D eigenvalue weighted by Gasteiger charge is 2.21. The molecule has 3 heteroatoms. The van der Waals surface area contributed by atoms with Crippen molar-refractivity contribution in [3.63, 3.8) is 0 Å². The molecule has 0 aromatic carbocycles. The van der Waals surface area contributed by atoms with Gasteiger partial charge < -0.3 is 5.11 Å². The first-order chi connectivity index (χ1) is 5.17. The lowest BCUT2D eigenvalue weighted by Crippen LogP contribution is -2.21. The number of aliphatic hydroxyl groups is 1. The Morgan fingerprint density at radius 1 is 1.55 bits per heavy atom. The van der Waals surface area contributed by atoms with Crippen LogP contribution in [0, 0.1) is 0 Å². The number of nitrogens with zero attached hydrogens (tertiary/aromatic N) is 2. The molecule has 0 bridgehead atoms. The molecule has 0 aliphatic rings. The Bertz CT molecular complexity index is 221. The lowest BCUT2D eigenvalue weighted by Gasteiger charge is -2.19. The second kappa shape index (κ2) is 2.96. The highest BCUT2D eigenvalue weighted by atomic mass is 16.3. The molecule has 0 amide bonds. The van der Waals surface area contributed by atoms with Crippen LogP contribution in [0.4, 0.5) is 0 Å². The van der Waals surface area contributed by atoms with E-state index in [0.717, 1.165) is 0 Å². The van der Waals surface area contributed by atoms with Crippen molar-refractivity contribution in [2.24, 2.45) is 0 Å². The average molecular weight is 152 g/mol. The number of hydrogen-bond donors (Lipinski definition) is 1. The molecule has 0 aliphatic heterocycles. The van der Waals surface area contributed by atoms with Crippen LogP contribution in [0.15, 0.2) is 18.6 Å². The molecule has 11 heavy (non-hydrogen) atoms. The standard InChI is InChI=1S/C8H12N2O/c1-3-8(2,11)7-6-9-4-5-10-7/h4-6,11H,3H2,1-2H3. The maximum absolute atomic E-state index is 9.69. The zero-order valence-electron chi connectivity index (χ0n) is 6.78. The fourth-order valence-corrected chi connectivity index (χ4v) is 0.758. The van der Waals surface area contributed by atoms with Gasteiger partial charge in [0, 0.05) is 12.4 Å². The third-order valence-electron chi connectivity index (χ3n) is 1.80. The van der Waals surface area contributed by atoms with Crippen molar-refractivity contribution in [1.82, 2.24) is 9.97 Å². The second-order valence-electron chi connectivity index (χ2n) is 2.72. The summed E-state index contributed by atoms with van der Waals surface area (Å²) in [6, 6.07) is 0. The van der Waals surface area contributed by atoms with Crippen LogP contribution in [-0.2, 0) is 5.60 Å². The van der Waals surface area contributed by atoms with Crippen molar-refractivity contribution in [1.29, 1.82) is 0 Å². The van der Waals surface area contributed by atoms with E-state index in [1.165, 1.54) is 0 Å². The van der Waals surface area contributed by atoms with Gasteiger partial charge in [0.2, 0.25) is 0 Å². The molecule has 1 rings (SSSR count). The lowest BCUT2D eigenvalue weighted by atomic mass is 10.0. The van der Waals surface area contributed by atoms with E-state index in [1.807, 2.05) is 6.92 Å². The lowest BCUT2D eigenvalue weighted by molar-refractivity contribution is 0.0481. The van der Waals surface area contributed by atoms with Crippen molar-refractivity contribution in [2.45, 2.75) is 25.9 Å². The van der Waals surface area contributed by atoms with E-state index < -0.39 is 5.60 Å². The molecule has 0 fully saturated rings. The number of aromatic nitrogens is 2. The third kappa shape index (κ3) is 1.74. The molecular formula is C8H12N2O. The molecule has 0 spiro atoms. The van der Waals surface area contributed by atoms with Gasteiger partial charge in [-0.3, -0.25) is 9.97 Å². The van der Waals surface area contributed by atoms with Crippen LogP contribution in [0.25, 0.3) is 0 Å². The minimum atomic E-state index is -0.839. The van der Waals surface area contributed by atoms with Crippen LogP contribution in [-0.4, -0.2) is 15.1 Å². The van der Waals surface area contributed by atoms with E-state index in [2.05, 4.69) is 9.97 Å². The van der Waals surface area contributed by atoms with Gasteiger partial charge in [-0.15, -0.1) is 0 Å². The Morgan fingerprint density at radius 2 is 2.27 bits per heavy atom. The van der Waals surface area contributed by atoms with Crippen LogP contribution in [0.1, 0.15) is 26.0 Å². The summed E-state index contributed by atoms with van der Waals surface area (Å²) in [6.45, 7) is 3.64. The predicted molar refractivity (Wildman–Crippen MR) is 41.9 cm³/mol. The fraction of sp³-hybridized carbons (Fsp3) is 0.500. The molecule has 1 N–H and O–H groups in total. The van der Waals surface area contributed by atoms with Crippen LogP contribution < -0.4 is 0 Å². The van der Waals surface area contributed by atoms with Gasteiger partial charge in [0.1, 0.15) is 5.60 Å². The largest absolute Gasteiger partial charge is 0.384 e. The molecular weight excluding hydrogens is 140 g/mol. The second-order valence-corrected chi connectivity index (χ2v) is 2.72. The van der Waals surface area contributed by atoms with E-state index in [0.29, 0.717) is 12.1 Å². The Morgan fingerprint density at radius 3 is 2.73 bits per heavy atom. The fourth-order valence-electron chi connectivity index (χ4n) is 0.758. The molecule has 1 atom stereocenters. The van der Waals surface area contributed by atoms with Gasteiger partial charge in [-0.25, -0.2) is 0 Å². The SMILES string of the molecule is CCC(C)(O)c1cnccn1. The van der Waals surface area contributed by atoms with Crippen molar-refractivity contribution in [3.8, 4) is 0 Å². The van der Waals surface area contributed by atoms with Gasteiger partial charge in [0.15, 0.2) is 0 Å². The maximum Gasteiger partial charge on any atom is 0.105 e. The molecule has 0 saturated carbocycles. The van der Waals surface area contributed by atoms with Gasteiger partial charge in [-0.1, -0.05) is 6.92 Å². The predicted octanol–water partition coefficient (Wildman–Crippen LogP) is 1.09. The average Bonchev–Trinajstić information content (AvgIpc) is 2.06. The Balaban J connectivity index is 2.93. The van der Waals surface area contributed by atoms with Crippen molar-refractivity contribution in [3.05, 3.63) is 24.3 Å². The van der Waals surface area contributed by atoms with Gasteiger partial charge in [-0.2, -0.15) is 0 Å². The van der Waals surface area contributed by atoms with E-state index in [-0.39, 0.29) is 0 Å². The minimum Gasteiger partial charge on any atom is -0.384 e. The number of rotatable bonds is 2. The summed E-state index contributed by atoms with van der Waals surface area (Å²) in [7, 11) is 0. The van der Waals surface area contributed by atoms with E-state index >= 15 is 0 Å². The molecule has 1 aromatic rings. The Labute approximate surface area is 66.1 Å². The molecule has 0 aliphatic carbocycles. The van der Waals surface area contributed by atoms with Gasteiger partial charge in [0.05, 0.1) is 11.9 Å².